The van der Waals surface area contributed by atoms with Crippen molar-refractivity contribution in [3.05, 3.63) is 22.8 Å². The van der Waals surface area contributed by atoms with Gasteiger partial charge in [0.15, 0.2) is 10.9 Å². The minimum atomic E-state index is -0.339. The molecule has 7 heteroatoms. The minimum absolute atomic E-state index is 0.339. The van der Waals surface area contributed by atoms with Crippen LogP contribution in [0.4, 0.5) is 15.7 Å². The first-order chi connectivity index (χ1) is 8.17. The summed E-state index contributed by atoms with van der Waals surface area (Å²) in [5.41, 5.74) is 0.891. The van der Waals surface area contributed by atoms with Crippen molar-refractivity contribution in [2.75, 3.05) is 10.6 Å². The molecular formula is C10H13N5OS. The first-order valence-corrected chi connectivity index (χ1v) is 6.03. The standard InChI is InChI=1S/C10H13N5OS/c1-3-7-5-11-10(17-7)13-9(16)12-8-4-6(2)14-15-8/h4-5H,3H2,1-2H3,(H3,11,12,13,14,15,16). The van der Waals surface area contributed by atoms with Gasteiger partial charge in [-0.1, -0.05) is 6.92 Å². The molecular weight excluding hydrogens is 238 g/mol. The first kappa shape index (κ1) is 11.6. The van der Waals surface area contributed by atoms with E-state index in [1.54, 1.807) is 12.3 Å². The molecule has 90 valence electrons. The van der Waals surface area contributed by atoms with E-state index in [4.69, 9.17) is 0 Å². The molecule has 2 aromatic rings. The van der Waals surface area contributed by atoms with Crippen LogP contribution in [-0.2, 0) is 6.42 Å². The third-order valence-corrected chi connectivity index (χ3v) is 3.13. The number of nitrogens with zero attached hydrogens (tertiary/aromatic N) is 2. The van der Waals surface area contributed by atoms with Gasteiger partial charge in [0.25, 0.3) is 0 Å². The number of hydrogen-bond acceptors (Lipinski definition) is 4. The summed E-state index contributed by atoms with van der Waals surface area (Å²) in [5.74, 6) is 0.493. The molecule has 0 aliphatic heterocycles. The van der Waals surface area contributed by atoms with Gasteiger partial charge in [-0.2, -0.15) is 5.10 Å². The minimum Gasteiger partial charge on any atom is -0.291 e. The quantitative estimate of drug-likeness (QED) is 0.783. The smallest absolute Gasteiger partial charge is 0.291 e. The van der Waals surface area contributed by atoms with Crippen LogP contribution in [0, 0.1) is 6.92 Å². The number of aromatic amines is 1. The van der Waals surface area contributed by atoms with E-state index in [-0.39, 0.29) is 6.03 Å². The number of hydrogen-bond donors (Lipinski definition) is 3. The molecule has 6 nitrogen and oxygen atoms in total. The van der Waals surface area contributed by atoms with E-state index in [0.717, 1.165) is 17.0 Å². The molecule has 2 aromatic heterocycles. The van der Waals surface area contributed by atoms with Crippen molar-refractivity contribution in [1.82, 2.24) is 15.2 Å². The van der Waals surface area contributed by atoms with E-state index in [2.05, 4.69) is 25.8 Å². The lowest BCUT2D eigenvalue weighted by Crippen LogP contribution is -2.19. The molecule has 0 unspecified atom stereocenters. The van der Waals surface area contributed by atoms with E-state index in [1.807, 2.05) is 13.8 Å². The molecule has 0 radical (unpaired) electrons. The van der Waals surface area contributed by atoms with Gasteiger partial charge in [-0.25, -0.2) is 9.78 Å². The van der Waals surface area contributed by atoms with Gasteiger partial charge in [0.05, 0.1) is 0 Å². The zero-order valence-electron chi connectivity index (χ0n) is 9.57. The lowest BCUT2D eigenvalue weighted by molar-refractivity contribution is 0.262. The van der Waals surface area contributed by atoms with Crippen LogP contribution in [0.25, 0.3) is 0 Å². The lowest BCUT2D eigenvalue weighted by Gasteiger charge is -2.00. The molecule has 0 aliphatic carbocycles. The largest absolute Gasteiger partial charge is 0.326 e. The fourth-order valence-corrected chi connectivity index (χ4v) is 2.00. The fraction of sp³-hybridized carbons (Fsp3) is 0.300. The zero-order valence-corrected chi connectivity index (χ0v) is 10.4. The Morgan fingerprint density at radius 1 is 1.53 bits per heavy atom. The normalized spacial score (nSPS) is 10.2. The molecule has 0 spiro atoms. The van der Waals surface area contributed by atoms with Gasteiger partial charge in [0.1, 0.15) is 0 Å². The van der Waals surface area contributed by atoms with E-state index < -0.39 is 0 Å². The molecule has 0 aromatic carbocycles. The Morgan fingerprint density at radius 3 is 2.94 bits per heavy atom. The van der Waals surface area contributed by atoms with E-state index in [9.17, 15) is 4.79 Å². The lowest BCUT2D eigenvalue weighted by atomic mass is 10.4. The number of carbonyl (C=O) groups excluding carboxylic acids is 1. The molecule has 3 N–H and O–H groups in total. The summed E-state index contributed by atoms with van der Waals surface area (Å²) in [5, 5.41) is 12.5. The van der Waals surface area contributed by atoms with Crippen LogP contribution in [0.5, 0.6) is 0 Å². The van der Waals surface area contributed by atoms with Crippen molar-refractivity contribution < 1.29 is 4.79 Å². The van der Waals surface area contributed by atoms with Gasteiger partial charge in [-0.05, 0) is 13.3 Å². The van der Waals surface area contributed by atoms with E-state index in [1.165, 1.54) is 11.3 Å². The third-order valence-electron chi connectivity index (χ3n) is 2.07. The van der Waals surface area contributed by atoms with Crippen molar-refractivity contribution in [2.24, 2.45) is 0 Å². The number of anilines is 2. The van der Waals surface area contributed by atoms with Crippen molar-refractivity contribution >= 4 is 28.3 Å². The van der Waals surface area contributed by atoms with Gasteiger partial charge < -0.3 is 0 Å². The zero-order chi connectivity index (χ0) is 12.3. The maximum atomic E-state index is 11.6. The Balaban J connectivity index is 1.93. The monoisotopic (exact) mass is 251 g/mol. The Bertz CT molecular complexity index is 518. The fourth-order valence-electron chi connectivity index (χ4n) is 1.26. The molecule has 0 saturated heterocycles. The molecule has 0 fully saturated rings. The van der Waals surface area contributed by atoms with Gasteiger partial charge in [-0.15, -0.1) is 11.3 Å². The summed E-state index contributed by atoms with van der Waals surface area (Å²) in [6.07, 6.45) is 2.68. The van der Waals surface area contributed by atoms with Crippen LogP contribution in [0.1, 0.15) is 17.5 Å². The number of carbonyl (C=O) groups is 1. The van der Waals surface area contributed by atoms with Crippen molar-refractivity contribution in [3.8, 4) is 0 Å². The first-order valence-electron chi connectivity index (χ1n) is 5.22. The van der Waals surface area contributed by atoms with Crippen LogP contribution in [0.3, 0.4) is 0 Å². The van der Waals surface area contributed by atoms with Gasteiger partial charge in [0, 0.05) is 22.8 Å². The SMILES string of the molecule is CCc1cnc(NC(=O)Nc2cc(C)[nH]n2)s1. The molecule has 2 heterocycles. The maximum absolute atomic E-state index is 11.6. The average molecular weight is 251 g/mol. The second-order valence-electron chi connectivity index (χ2n) is 3.50. The molecule has 0 saturated carbocycles. The highest BCUT2D eigenvalue weighted by Crippen LogP contribution is 2.18. The Labute approximate surface area is 102 Å². The molecule has 2 rings (SSSR count). The van der Waals surface area contributed by atoms with Gasteiger partial charge >= 0.3 is 6.03 Å². The maximum Gasteiger partial charge on any atom is 0.326 e. The molecule has 0 aliphatic rings. The van der Waals surface area contributed by atoms with Crippen LogP contribution in [0.2, 0.25) is 0 Å². The number of aromatic nitrogens is 3. The topological polar surface area (TPSA) is 82.7 Å². The van der Waals surface area contributed by atoms with Crippen LogP contribution >= 0.6 is 11.3 Å². The number of rotatable bonds is 3. The summed E-state index contributed by atoms with van der Waals surface area (Å²) in [6.45, 7) is 3.91. The van der Waals surface area contributed by atoms with Gasteiger partial charge in [0.2, 0.25) is 0 Å². The number of amides is 2. The van der Waals surface area contributed by atoms with E-state index >= 15 is 0 Å². The third kappa shape index (κ3) is 3.04. The predicted molar refractivity (Wildman–Crippen MR) is 67.5 cm³/mol. The number of nitrogens with one attached hydrogen (secondary N) is 3. The highest BCUT2D eigenvalue weighted by Gasteiger charge is 2.07. The number of H-pyrrole nitrogens is 1. The van der Waals surface area contributed by atoms with Crippen molar-refractivity contribution in [2.45, 2.75) is 20.3 Å². The van der Waals surface area contributed by atoms with Crippen LogP contribution < -0.4 is 10.6 Å². The number of aryl methyl sites for hydroxylation is 2. The average Bonchev–Trinajstić information content (AvgIpc) is 2.88. The summed E-state index contributed by atoms with van der Waals surface area (Å²) in [6, 6.07) is 1.41. The highest BCUT2D eigenvalue weighted by atomic mass is 32.1. The molecule has 17 heavy (non-hydrogen) atoms. The summed E-state index contributed by atoms with van der Waals surface area (Å²) < 4.78 is 0. The second kappa shape index (κ2) is 4.96. The van der Waals surface area contributed by atoms with Crippen LogP contribution in [-0.4, -0.2) is 21.2 Å². The molecule has 2 amide bonds. The van der Waals surface area contributed by atoms with Crippen molar-refractivity contribution in [3.63, 3.8) is 0 Å². The van der Waals surface area contributed by atoms with Crippen molar-refractivity contribution in [1.29, 1.82) is 0 Å². The summed E-state index contributed by atoms with van der Waals surface area (Å²) >= 11 is 1.47. The Hall–Kier alpha value is -1.89. The summed E-state index contributed by atoms with van der Waals surface area (Å²) in [7, 11) is 0. The highest BCUT2D eigenvalue weighted by molar-refractivity contribution is 7.15. The summed E-state index contributed by atoms with van der Waals surface area (Å²) in [4.78, 5) is 16.8. The molecule has 0 atom stereocenters. The van der Waals surface area contributed by atoms with E-state index in [0.29, 0.717) is 10.9 Å². The van der Waals surface area contributed by atoms with Crippen LogP contribution in [0.15, 0.2) is 12.3 Å². The Morgan fingerprint density at radius 2 is 2.35 bits per heavy atom. The van der Waals surface area contributed by atoms with Gasteiger partial charge in [-0.3, -0.25) is 15.7 Å². The number of thiazole rings is 1. The second-order valence-corrected chi connectivity index (χ2v) is 4.62. The predicted octanol–water partition coefficient (Wildman–Crippen LogP) is 2.38. The Kier molecular flexibility index (Phi) is 3.38. The molecule has 0 bridgehead atoms. The number of urea groups is 1.